The van der Waals surface area contributed by atoms with Gasteiger partial charge in [-0.25, -0.2) is 0 Å². The molecule has 2 atom stereocenters. The standard InChI is InChI=1S/C27H35NO5S/c1-17-18(2)27(32-5)22(19(3)26(17)31-4)8-6-7-13-33-21-11-9-20(10-12-21)14-24-25(23(30)15-29)28-16-34-24/h9-12,15,24-25,28H,6-8,13-14,16H2,1-5H3. The first kappa shape index (κ1) is 26.1. The molecular weight excluding hydrogens is 450 g/mol. The average Bonchev–Trinajstić information content (AvgIpc) is 3.31. The summed E-state index contributed by atoms with van der Waals surface area (Å²) >= 11 is 1.68. The van der Waals surface area contributed by atoms with Crippen molar-refractivity contribution in [1.29, 1.82) is 0 Å². The van der Waals surface area contributed by atoms with Gasteiger partial charge in [-0.1, -0.05) is 12.1 Å². The van der Waals surface area contributed by atoms with E-state index >= 15 is 0 Å². The van der Waals surface area contributed by atoms with Gasteiger partial charge < -0.3 is 14.2 Å². The number of hydrogen-bond acceptors (Lipinski definition) is 7. The lowest BCUT2D eigenvalue weighted by molar-refractivity contribution is -0.131. The number of hydrogen-bond donors (Lipinski definition) is 1. The molecule has 7 heteroatoms. The molecule has 0 saturated carbocycles. The number of rotatable bonds is 12. The summed E-state index contributed by atoms with van der Waals surface area (Å²) in [5.74, 6) is 3.06. The van der Waals surface area contributed by atoms with Crippen molar-refractivity contribution in [1.82, 2.24) is 5.32 Å². The first-order valence-electron chi connectivity index (χ1n) is 11.7. The molecule has 1 aliphatic rings. The van der Waals surface area contributed by atoms with Crippen LogP contribution >= 0.6 is 11.8 Å². The van der Waals surface area contributed by atoms with Gasteiger partial charge in [-0.2, -0.15) is 0 Å². The summed E-state index contributed by atoms with van der Waals surface area (Å²) in [6.45, 7) is 6.88. The van der Waals surface area contributed by atoms with Crippen LogP contribution in [0.1, 0.15) is 40.7 Å². The minimum atomic E-state index is -0.391. The molecule has 3 rings (SSSR count). The maximum Gasteiger partial charge on any atom is 0.213 e. The van der Waals surface area contributed by atoms with Gasteiger partial charge in [0.1, 0.15) is 17.2 Å². The second-order valence-corrected chi connectivity index (χ2v) is 9.85. The highest BCUT2D eigenvalue weighted by Crippen LogP contribution is 2.38. The van der Waals surface area contributed by atoms with Crippen LogP contribution in [0.5, 0.6) is 17.2 Å². The molecule has 1 aliphatic heterocycles. The van der Waals surface area contributed by atoms with Gasteiger partial charge in [-0.15, -0.1) is 11.8 Å². The maximum atomic E-state index is 11.8. The van der Waals surface area contributed by atoms with E-state index in [0.717, 1.165) is 65.2 Å². The lowest BCUT2D eigenvalue weighted by atomic mass is 9.94. The predicted molar refractivity (Wildman–Crippen MR) is 137 cm³/mol. The smallest absolute Gasteiger partial charge is 0.213 e. The summed E-state index contributed by atoms with van der Waals surface area (Å²) < 4.78 is 17.3. The number of Topliss-reactive ketones (excluding diaryl/α,β-unsaturated/α-hetero) is 1. The zero-order valence-corrected chi connectivity index (χ0v) is 21.6. The minimum Gasteiger partial charge on any atom is -0.496 e. The van der Waals surface area contributed by atoms with Crippen LogP contribution < -0.4 is 19.5 Å². The molecule has 2 aromatic rings. The van der Waals surface area contributed by atoms with E-state index in [9.17, 15) is 9.59 Å². The van der Waals surface area contributed by atoms with Gasteiger partial charge in [0, 0.05) is 16.7 Å². The van der Waals surface area contributed by atoms with E-state index in [1.165, 1.54) is 5.56 Å². The van der Waals surface area contributed by atoms with Crippen LogP contribution in [0.15, 0.2) is 24.3 Å². The number of aldehydes is 1. The van der Waals surface area contributed by atoms with Crippen LogP contribution in [0.25, 0.3) is 0 Å². The van der Waals surface area contributed by atoms with Crippen molar-refractivity contribution in [3.05, 3.63) is 52.1 Å². The highest BCUT2D eigenvalue weighted by molar-refractivity contribution is 8.00. The summed E-state index contributed by atoms with van der Waals surface area (Å²) in [6, 6.07) is 7.62. The number of ketones is 1. The van der Waals surface area contributed by atoms with Crippen LogP contribution in [-0.2, 0) is 22.4 Å². The molecule has 6 nitrogen and oxygen atoms in total. The Hall–Kier alpha value is -2.51. The van der Waals surface area contributed by atoms with Gasteiger partial charge in [0.2, 0.25) is 5.78 Å². The molecule has 1 heterocycles. The number of thioether (sulfide) groups is 1. The van der Waals surface area contributed by atoms with Crippen LogP contribution in [-0.4, -0.2) is 50.1 Å². The van der Waals surface area contributed by atoms with Crippen molar-refractivity contribution in [2.75, 3.05) is 26.7 Å². The fourth-order valence-corrected chi connectivity index (χ4v) is 5.82. The Labute approximate surface area is 206 Å². The lowest BCUT2D eigenvalue weighted by Gasteiger charge is -2.20. The lowest BCUT2D eigenvalue weighted by Crippen LogP contribution is -2.39. The van der Waals surface area contributed by atoms with E-state index in [1.54, 1.807) is 26.0 Å². The molecule has 1 saturated heterocycles. The molecule has 2 aromatic carbocycles. The van der Waals surface area contributed by atoms with E-state index < -0.39 is 6.04 Å². The number of ether oxygens (including phenoxy) is 3. The molecule has 1 N–H and O–H groups in total. The molecule has 1 fully saturated rings. The average molecular weight is 486 g/mol. The summed E-state index contributed by atoms with van der Waals surface area (Å²) in [4.78, 5) is 22.6. The Morgan fingerprint density at radius 3 is 2.35 bits per heavy atom. The summed E-state index contributed by atoms with van der Waals surface area (Å²) in [7, 11) is 3.45. The molecular formula is C27H35NO5S. The largest absolute Gasteiger partial charge is 0.496 e. The van der Waals surface area contributed by atoms with Crippen molar-refractivity contribution in [3.63, 3.8) is 0 Å². The molecule has 34 heavy (non-hydrogen) atoms. The fourth-order valence-electron chi connectivity index (χ4n) is 4.59. The zero-order valence-electron chi connectivity index (χ0n) is 20.7. The predicted octanol–water partition coefficient (Wildman–Crippen LogP) is 4.37. The molecule has 0 amide bonds. The second kappa shape index (κ2) is 12.3. The number of nitrogens with one attached hydrogen (secondary N) is 1. The molecule has 0 spiro atoms. The Morgan fingerprint density at radius 2 is 1.71 bits per heavy atom. The normalized spacial score (nSPS) is 17.4. The molecule has 0 aromatic heterocycles. The number of unbranched alkanes of at least 4 members (excludes halogenated alkanes) is 1. The Kier molecular flexibility index (Phi) is 9.42. The van der Waals surface area contributed by atoms with E-state index in [4.69, 9.17) is 14.2 Å². The molecule has 0 aliphatic carbocycles. The second-order valence-electron chi connectivity index (χ2n) is 8.63. The number of carbonyl (C=O) groups excluding carboxylic acids is 2. The third-order valence-electron chi connectivity index (χ3n) is 6.56. The third kappa shape index (κ3) is 5.94. The maximum absolute atomic E-state index is 11.8. The first-order valence-corrected chi connectivity index (χ1v) is 12.7. The van der Waals surface area contributed by atoms with Gasteiger partial charge >= 0.3 is 0 Å². The molecule has 184 valence electrons. The minimum absolute atomic E-state index is 0.0777. The van der Waals surface area contributed by atoms with Crippen LogP contribution in [0.2, 0.25) is 0 Å². The van der Waals surface area contributed by atoms with Crippen LogP contribution in [0.4, 0.5) is 0 Å². The SMILES string of the molecule is COc1c(C)c(C)c(OC)c(CCCCOc2ccc(CC3SCNC3C(=O)C=O)cc2)c1C. The first-order chi connectivity index (χ1) is 16.4. The monoisotopic (exact) mass is 485 g/mol. The van der Waals surface area contributed by atoms with Gasteiger partial charge in [0.05, 0.1) is 26.9 Å². The highest BCUT2D eigenvalue weighted by Gasteiger charge is 2.32. The van der Waals surface area contributed by atoms with Crippen molar-refractivity contribution in [2.45, 2.75) is 57.7 Å². The van der Waals surface area contributed by atoms with E-state index in [1.807, 2.05) is 24.3 Å². The number of benzene rings is 2. The van der Waals surface area contributed by atoms with Crippen molar-refractivity contribution >= 4 is 23.8 Å². The summed E-state index contributed by atoms with van der Waals surface area (Å²) in [5, 5.41) is 3.18. The van der Waals surface area contributed by atoms with E-state index in [2.05, 4.69) is 26.1 Å². The molecule has 0 bridgehead atoms. The third-order valence-corrected chi connectivity index (χ3v) is 7.76. The number of carbonyl (C=O) groups is 2. The zero-order chi connectivity index (χ0) is 24.7. The van der Waals surface area contributed by atoms with Crippen molar-refractivity contribution < 1.29 is 23.8 Å². The number of methoxy groups -OCH3 is 2. The summed E-state index contributed by atoms with van der Waals surface area (Å²) in [5.41, 5.74) is 5.73. The van der Waals surface area contributed by atoms with Gasteiger partial charge in [-0.05, 0) is 80.8 Å². The van der Waals surface area contributed by atoms with Crippen LogP contribution in [0, 0.1) is 20.8 Å². The Bertz CT molecular complexity index is 1010. The highest BCUT2D eigenvalue weighted by atomic mass is 32.2. The van der Waals surface area contributed by atoms with Gasteiger partial charge in [-0.3, -0.25) is 14.9 Å². The molecule has 2 unspecified atom stereocenters. The molecule has 0 radical (unpaired) electrons. The van der Waals surface area contributed by atoms with Crippen LogP contribution in [0.3, 0.4) is 0 Å². The van der Waals surface area contributed by atoms with E-state index in [0.29, 0.717) is 18.8 Å². The van der Waals surface area contributed by atoms with Gasteiger partial charge in [0.25, 0.3) is 0 Å². The van der Waals surface area contributed by atoms with E-state index in [-0.39, 0.29) is 11.0 Å². The fraction of sp³-hybridized carbons (Fsp3) is 0.481. The Morgan fingerprint density at radius 1 is 1.03 bits per heavy atom. The Balaban J connectivity index is 1.49. The van der Waals surface area contributed by atoms with Crippen molar-refractivity contribution in [3.8, 4) is 17.2 Å². The van der Waals surface area contributed by atoms with Crippen molar-refractivity contribution in [2.24, 2.45) is 0 Å². The quantitative estimate of drug-likeness (QED) is 0.272. The topological polar surface area (TPSA) is 73.9 Å². The van der Waals surface area contributed by atoms with Gasteiger partial charge in [0.15, 0.2) is 6.29 Å². The summed E-state index contributed by atoms with van der Waals surface area (Å²) in [6.07, 6.45) is 3.98.